The number of nitrogens with zero attached hydrogens (tertiary/aromatic N) is 2. The van der Waals surface area contributed by atoms with Crippen molar-refractivity contribution in [3.05, 3.63) is 71.2 Å². The van der Waals surface area contributed by atoms with Crippen molar-refractivity contribution in [1.82, 2.24) is 4.90 Å². The van der Waals surface area contributed by atoms with Crippen molar-refractivity contribution in [2.45, 2.75) is 6.92 Å². The molecule has 32 heavy (non-hydrogen) atoms. The lowest BCUT2D eigenvalue weighted by Gasteiger charge is -2.37. The number of benzene rings is 2. The van der Waals surface area contributed by atoms with Crippen LogP contribution in [-0.2, 0) is 4.74 Å². The molecule has 1 aliphatic rings. The van der Waals surface area contributed by atoms with Crippen LogP contribution in [0.3, 0.4) is 0 Å². The maximum atomic E-state index is 12.6. The zero-order valence-corrected chi connectivity index (χ0v) is 20.1. The monoisotopic (exact) mass is 485 g/mol. The quantitative estimate of drug-likeness (QED) is 0.366. The summed E-state index contributed by atoms with van der Waals surface area (Å²) in [6, 6.07) is 19.8. The molecular weight excluding hydrogens is 462 g/mol. The van der Waals surface area contributed by atoms with Gasteiger partial charge in [0.05, 0.1) is 12.2 Å². The van der Waals surface area contributed by atoms with Crippen LogP contribution in [0.2, 0.25) is 5.02 Å². The molecular formula is C24H24ClN3O2S2. The second-order valence-electron chi connectivity index (χ2n) is 7.32. The van der Waals surface area contributed by atoms with E-state index in [0.717, 1.165) is 47.3 Å². The van der Waals surface area contributed by atoms with Gasteiger partial charge in [-0.05, 0) is 49.0 Å². The molecule has 1 aliphatic heterocycles. The van der Waals surface area contributed by atoms with Crippen LogP contribution in [0.5, 0.6) is 0 Å². The number of rotatable bonds is 5. The zero-order chi connectivity index (χ0) is 22.5. The molecule has 3 aromatic rings. The first kappa shape index (κ1) is 22.6. The molecule has 5 nitrogen and oxygen atoms in total. The molecule has 166 valence electrons. The molecule has 0 saturated carbocycles. The summed E-state index contributed by atoms with van der Waals surface area (Å²) in [6.07, 6.45) is 0. The van der Waals surface area contributed by atoms with Gasteiger partial charge in [0.2, 0.25) is 0 Å². The van der Waals surface area contributed by atoms with Crippen molar-refractivity contribution in [1.29, 1.82) is 0 Å². The first-order valence-electron chi connectivity index (χ1n) is 10.5. The predicted molar refractivity (Wildman–Crippen MR) is 137 cm³/mol. The van der Waals surface area contributed by atoms with Crippen LogP contribution in [0.1, 0.15) is 17.3 Å². The number of hydrogen-bond acceptors (Lipinski definition) is 5. The molecule has 0 radical (unpaired) electrons. The third-order valence-corrected chi connectivity index (χ3v) is 6.94. The Hall–Kier alpha value is -2.61. The number of halogens is 1. The molecule has 1 fully saturated rings. The number of ether oxygens (including phenoxy) is 1. The van der Waals surface area contributed by atoms with Crippen molar-refractivity contribution in [2.75, 3.05) is 43.0 Å². The van der Waals surface area contributed by atoms with Gasteiger partial charge in [-0.25, -0.2) is 4.79 Å². The first-order valence-corrected chi connectivity index (χ1v) is 12.1. The lowest BCUT2D eigenvalue weighted by Crippen LogP contribution is -2.50. The largest absolute Gasteiger partial charge is 0.462 e. The Morgan fingerprint density at radius 2 is 1.84 bits per heavy atom. The van der Waals surface area contributed by atoms with Crippen molar-refractivity contribution < 1.29 is 9.53 Å². The minimum Gasteiger partial charge on any atom is -0.462 e. The van der Waals surface area contributed by atoms with E-state index in [1.807, 2.05) is 54.6 Å². The van der Waals surface area contributed by atoms with E-state index in [-0.39, 0.29) is 5.97 Å². The van der Waals surface area contributed by atoms with E-state index in [2.05, 4.69) is 21.2 Å². The summed E-state index contributed by atoms with van der Waals surface area (Å²) >= 11 is 13.3. The smallest absolute Gasteiger partial charge is 0.341 e. The standard InChI is InChI=1S/C24H24ClN3O2S2/c1-2-30-23(29)20-16-21(17-7-4-3-5-8-17)32-22(20)26-24(31)28-13-11-27(12-14-28)19-10-6-9-18(25)15-19/h3-10,15-16H,2,11-14H2,1H3,(H,26,31). The average molecular weight is 486 g/mol. The molecule has 2 heterocycles. The van der Waals surface area contributed by atoms with Crippen LogP contribution in [0, 0.1) is 0 Å². The van der Waals surface area contributed by atoms with E-state index in [4.69, 9.17) is 28.6 Å². The summed E-state index contributed by atoms with van der Waals surface area (Å²) in [4.78, 5) is 18.0. The summed E-state index contributed by atoms with van der Waals surface area (Å²) in [7, 11) is 0. The van der Waals surface area contributed by atoms with E-state index >= 15 is 0 Å². The van der Waals surface area contributed by atoms with Gasteiger partial charge < -0.3 is 19.9 Å². The van der Waals surface area contributed by atoms with E-state index in [1.54, 1.807) is 6.92 Å². The van der Waals surface area contributed by atoms with Gasteiger partial charge in [-0.1, -0.05) is 48.0 Å². The second kappa shape index (κ2) is 10.3. The highest BCUT2D eigenvalue weighted by Gasteiger charge is 2.23. The lowest BCUT2D eigenvalue weighted by molar-refractivity contribution is 0.0528. The Balaban J connectivity index is 1.46. The molecule has 1 saturated heterocycles. The van der Waals surface area contributed by atoms with Crippen LogP contribution in [0.15, 0.2) is 60.7 Å². The number of esters is 1. The molecule has 0 spiro atoms. The zero-order valence-electron chi connectivity index (χ0n) is 17.7. The molecule has 8 heteroatoms. The highest BCUT2D eigenvalue weighted by Crippen LogP contribution is 2.36. The molecule has 1 N–H and O–H groups in total. The predicted octanol–water partition coefficient (Wildman–Crippen LogP) is 5.76. The SMILES string of the molecule is CCOC(=O)c1cc(-c2ccccc2)sc1NC(=S)N1CCN(c2cccc(Cl)c2)CC1. The minimum atomic E-state index is -0.345. The Kier molecular flexibility index (Phi) is 7.29. The van der Waals surface area contributed by atoms with Crippen molar-refractivity contribution in [2.24, 2.45) is 0 Å². The molecule has 0 unspecified atom stereocenters. The second-order valence-corrected chi connectivity index (χ2v) is 9.20. The molecule has 0 aliphatic carbocycles. The van der Waals surface area contributed by atoms with Crippen LogP contribution in [-0.4, -0.2) is 48.8 Å². The van der Waals surface area contributed by atoms with Gasteiger partial charge in [-0.2, -0.15) is 0 Å². The van der Waals surface area contributed by atoms with E-state index < -0.39 is 0 Å². The summed E-state index contributed by atoms with van der Waals surface area (Å²) in [5.41, 5.74) is 2.68. The fourth-order valence-electron chi connectivity index (χ4n) is 3.61. The van der Waals surface area contributed by atoms with Crippen LogP contribution in [0.25, 0.3) is 10.4 Å². The number of piperazine rings is 1. The van der Waals surface area contributed by atoms with Gasteiger partial charge in [0.15, 0.2) is 5.11 Å². The Morgan fingerprint density at radius 3 is 2.53 bits per heavy atom. The third-order valence-electron chi connectivity index (χ3n) is 5.25. The highest BCUT2D eigenvalue weighted by atomic mass is 35.5. The number of anilines is 2. The van der Waals surface area contributed by atoms with E-state index in [0.29, 0.717) is 22.3 Å². The topological polar surface area (TPSA) is 44.8 Å². The summed E-state index contributed by atoms with van der Waals surface area (Å²) in [5, 5.41) is 5.37. The van der Waals surface area contributed by atoms with Gasteiger partial charge in [0.1, 0.15) is 5.00 Å². The number of carbonyl (C=O) groups is 1. The highest BCUT2D eigenvalue weighted by molar-refractivity contribution is 7.80. The minimum absolute atomic E-state index is 0.324. The maximum Gasteiger partial charge on any atom is 0.341 e. The van der Waals surface area contributed by atoms with E-state index in [1.165, 1.54) is 11.3 Å². The number of thiophene rings is 1. The Labute approximate surface area is 202 Å². The van der Waals surface area contributed by atoms with Gasteiger partial charge in [0.25, 0.3) is 0 Å². The normalized spacial score (nSPS) is 13.7. The summed E-state index contributed by atoms with van der Waals surface area (Å²) < 4.78 is 5.27. The van der Waals surface area contributed by atoms with Gasteiger partial charge >= 0.3 is 5.97 Å². The third kappa shape index (κ3) is 5.23. The number of thiocarbonyl (C=S) groups is 1. The van der Waals surface area contributed by atoms with Crippen LogP contribution >= 0.6 is 35.2 Å². The van der Waals surface area contributed by atoms with Gasteiger partial charge in [0, 0.05) is 41.8 Å². The summed E-state index contributed by atoms with van der Waals surface area (Å²) in [6.45, 7) is 5.37. The van der Waals surface area contributed by atoms with Gasteiger partial charge in [-0.3, -0.25) is 0 Å². The number of nitrogens with one attached hydrogen (secondary N) is 1. The number of hydrogen-bond donors (Lipinski definition) is 1. The molecule has 0 amide bonds. The van der Waals surface area contributed by atoms with Crippen LogP contribution in [0.4, 0.5) is 10.7 Å². The van der Waals surface area contributed by atoms with E-state index in [9.17, 15) is 4.79 Å². The molecule has 4 rings (SSSR count). The maximum absolute atomic E-state index is 12.6. The van der Waals surface area contributed by atoms with Crippen LogP contribution < -0.4 is 10.2 Å². The molecule has 0 atom stereocenters. The first-order chi connectivity index (χ1) is 15.5. The Bertz CT molecular complexity index is 1100. The Morgan fingerprint density at radius 1 is 1.09 bits per heavy atom. The van der Waals surface area contributed by atoms with Crippen molar-refractivity contribution in [3.63, 3.8) is 0 Å². The lowest BCUT2D eigenvalue weighted by atomic mass is 10.1. The van der Waals surface area contributed by atoms with Gasteiger partial charge in [-0.15, -0.1) is 11.3 Å². The molecule has 1 aromatic heterocycles. The average Bonchev–Trinajstić information content (AvgIpc) is 3.24. The molecule has 2 aromatic carbocycles. The fourth-order valence-corrected chi connectivity index (χ4v) is 5.19. The van der Waals surface area contributed by atoms with Crippen molar-refractivity contribution >= 4 is 56.9 Å². The molecule has 0 bridgehead atoms. The van der Waals surface area contributed by atoms with Crippen molar-refractivity contribution in [3.8, 4) is 10.4 Å². The summed E-state index contributed by atoms with van der Waals surface area (Å²) in [5.74, 6) is -0.345. The number of carbonyl (C=O) groups excluding carboxylic acids is 1. The fraction of sp³-hybridized carbons (Fsp3) is 0.250.